The molecule has 0 heterocycles. The number of halogens is 1. The molecule has 0 aliphatic rings. The van der Waals surface area contributed by atoms with Crippen LogP contribution in [0, 0.1) is 10.5 Å². The summed E-state index contributed by atoms with van der Waals surface area (Å²) < 4.78 is 5.95. The van der Waals surface area contributed by atoms with Crippen molar-refractivity contribution in [2.75, 3.05) is 11.9 Å². The van der Waals surface area contributed by atoms with Gasteiger partial charge < -0.3 is 10.1 Å². The van der Waals surface area contributed by atoms with E-state index in [-0.39, 0.29) is 12.5 Å². The lowest BCUT2D eigenvalue weighted by molar-refractivity contribution is -0.119. The fraction of sp³-hybridized carbons (Fsp3) is 0.125. The number of ether oxygens (including phenoxy) is 1. The minimum Gasteiger partial charge on any atom is -0.452 e. The average Bonchev–Trinajstić information content (AvgIpc) is 2.48. The van der Waals surface area contributed by atoms with Gasteiger partial charge >= 0.3 is 5.97 Å². The monoisotopic (exact) mass is 395 g/mol. The van der Waals surface area contributed by atoms with Gasteiger partial charge in [-0.25, -0.2) is 4.79 Å². The van der Waals surface area contributed by atoms with Crippen LogP contribution in [-0.2, 0) is 9.53 Å². The number of amides is 1. The van der Waals surface area contributed by atoms with Crippen LogP contribution in [0.2, 0.25) is 0 Å². The molecule has 2 aromatic carbocycles. The molecule has 5 heteroatoms. The van der Waals surface area contributed by atoms with Crippen molar-refractivity contribution in [3.8, 4) is 0 Å². The fourth-order valence-corrected chi connectivity index (χ4v) is 2.28. The first-order valence-electron chi connectivity index (χ1n) is 6.35. The Hall–Kier alpha value is -1.89. The van der Waals surface area contributed by atoms with Crippen LogP contribution in [0.25, 0.3) is 0 Å². The van der Waals surface area contributed by atoms with Gasteiger partial charge in [0.15, 0.2) is 6.61 Å². The average molecular weight is 395 g/mol. The van der Waals surface area contributed by atoms with Crippen molar-refractivity contribution >= 4 is 40.2 Å². The van der Waals surface area contributed by atoms with Gasteiger partial charge in [0.1, 0.15) is 0 Å². The van der Waals surface area contributed by atoms with Gasteiger partial charge in [-0.05, 0) is 53.3 Å². The van der Waals surface area contributed by atoms with Gasteiger partial charge in [0.2, 0.25) is 0 Å². The van der Waals surface area contributed by atoms with Crippen LogP contribution >= 0.6 is 22.6 Å². The highest BCUT2D eigenvalue weighted by Crippen LogP contribution is 2.16. The Balaban J connectivity index is 1.91. The number of esters is 1. The zero-order chi connectivity index (χ0) is 15.2. The Kier molecular flexibility index (Phi) is 5.32. The molecule has 4 nitrogen and oxygen atoms in total. The lowest BCUT2D eigenvalue weighted by Gasteiger charge is -2.09. The Bertz CT molecular complexity index is 670. The number of para-hydroxylation sites is 1. The smallest absolute Gasteiger partial charge is 0.338 e. The molecular formula is C16H14INO3. The van der Waals surface area contributed by atoms with Gasteiger partial charge in [-0.15, -0.1) is 0 Å². The van der Waals surface area contributed by atoms with E-state index in [2.05, 4.69) is 27.9 Å². The molecule has 0 atom stereocenters. The van der Waals surface area contributed by atoms with Crippen LogP contribution in [0.5, 0.6) is 0 Å². The summed E-state index contributed by atoms with van der Waals surface area (Å²) in [6.45, 7) is 1.52. The van der Waals surface area contributed by atoms with Crippen LogP contribution in [-0.4, -0.2) is 18.5 Å². The number of benzene rings is 2. The van der Waals surface area contributed by atoms with Crippen LogP contribution in [0.3, 0.4) is 0 Å². The van der Waals surface area contributed by atoms with E-state index < -0.39 is 5.97 Å². The summed E-state index contributed by atoms with van der Waals surface area (Å²) in [7, 11) is 0. The topological polar surface area (TPSA) is 55.4 Å². The number of carbonyl (C=O) groups is 2. The normalized spacial score (nSPS) is 10.0. The second-order valence-corrected chi connectivity index (χ2v) is 5.58. The van der Waals surface area contributed by atoms with Crippen molar-refractivity contribution in [3.05, 3.63) is 63.2 Å². The van der Waals surface area contributed by atoms with Crippen LogP contribution in [0.15, 0.2) is 48.5 Å². The molecule has 0 unspecified atom stereocenters. The van der Waals surface area contributed by atoms with Crippen LogP contribution in [0.4, 0.5) is 5.69 Å². The Morgan fingerprint density at radius 2 is 1.76 bits per heavy atom. The first-order chi connectivity index (χ1) is 10.1. The van der Waals surface area contributed by atoms with Gasteiger partial charge in [0.25, 0.3) is 5.91 Å². The highest BCUT2D eigenvalue weighted by atomic mass is 127. The maximum atomic E-state index is 11.9. The molecule has 0 spiro atoms. The van der Waals surface area contributed by atoms with E-state index in [1.54, 1.807) is 18.2 Å². The van der Waals surface area contributed by atoms with Gasteiger partial charge in [-0.2, -0.15) is 0 Å². The van der Waals surface area contributed by atoms with Gasteiger partial charge in [-0.3, -0.25) is 4.79 Å². The quantitative estimate of drug-likeness (QED) is 0.638. The van der Waals surface area contributed by atoms with E-state index in [0.29, 0.717) is 11.3 Å². The molecule has 1 amide bonds. The lowest BCUT2D eigenvalue weighted by atomic mass is 10.1. The maximum absolute atomic E-state index is 11.9. The Labute approximate surface area is 136 Å². The largest absolute Gasteiger partial charge is 0.452 e. The number of rotatable bonds is 4. The molecular weight excluding hydrogens is 381 g/mol. The van der Waals surface area contributed by atoms with Gasteiger partial charge in [0, 0.05) is 3.57 Å². The van der Waals surface area contributed by atoms with E-state index in [1.807, 2.05) is 37.3 Å². The molecule has 2 aromatic rings. The number of hydrogen-bond donors (Lipinski definition) is 1. The number of anilines is 1. The maximum Gasteiger partial charge on any atom is 0.338 e. The minimum atomic E-state index is -0.494. The SMILES string of the molecule is Cc1ccccc1C(=O)OCC(=O)Nc1ccccc1I. The van der Waals surface area contributed by atoms with Crippen molar-refractivity contribution < 1.29 is 14.3 Å². The highest BCUT2D eigenvalue weighted by molar-refractivity contribution is 14.1. The summed E-state index contributed by atoms with van der Waals surface area (Å²) in [4.78, 5) is 23.7. The number of aryl methyl sites for hydroxylation is 1. The Morgan fingerprint density at radius 3 is 2.48 bits per heavy atom. The van der Waals surface area contributed by atoms with Crippen molar-refractivity contribution in [2.45, 2.75) is 6.92 Å². The summed E-state index contributed by atoms with van der Waals surface area (Å²) in [5, 5.41) is 2.71. The molecule has 0 saturated carbocycles. The fourth-order valence-electron chi connectivity index (χ4n) is 1.76. The first kappa shape index (κ1) is 15.5. The van der Waals surface area contributed by atoms with E-state index in [0.717, 1.165) is 9.13 Å². The van der Waals surface area contributed by atoms with Crippen LogP contribution in [0.1, 0.15) is 15.9 Å². The molecule has 2 rings (SSSR count). The minimum absolute atomic E-state index is 0.307. The number of carbonyl (C=O) groups excluding carboxylic acids is 2. The van der Waals surface area contributed by atoms with Crippen molar-refractivity contribution in [1.82, 2.24) is 0 Å². The van der Waals surface area contributed by atoms with E-state index >= 15 is 0 Å². The third-order valence-electron chi connectivity index (χ3n) is 2.85. The third kappa shape index (κ3) is 4.29. The zero-order valence-corrected chi connectivity index (χ0v) is 13.6. The van der Waals surface area contributed by atoms with E-state index in [4.69, 9.17) is 4.74 Å². The molecule has 0 radical (unpaired) electrons. The molecule has 21 heavy (non-hydrogen) atoms. The van der Waals surface area contributed by atoms with Gasteiger partial charge in [0.05, 0.1) is 11.3 Å². The number of nitrogens with one attached hydrogen (secondary N) is 1. The summed E-state index contributed by atoms with van der Waals surface area (Å²) in [6, 6.07) is 14.5. The highest BCUT2D eigenvalue weighted by Gasteiger charge is 2.12. The first-order valence-corrected chi connectivity index (χ1v) is 7.43. The standard InChI is InChI=1S/C16H14INO3/c1-11-6-2-3-7-12(11)16(20)21-10-15(19)18-14-9-5-4-8-13(14)17/h2-9H,10H2,1H3,(H,18,19). The van der Waals surface area contributed by atoms with Crippen molar-refractivity contribution in [3.63, 3.8) is 0 Å². The van der Waals surface area contributed by atoms with E-state index in [1.165, 1.54) is 0 Å². The summed E-state index contributed by atoms with van der Waals surface area (Å²) in [5.41, 5.74) is 2.00. The van der Waals surface area contributed by atoms with Crippen LogP contribution < -0.4 is 5.32 Å². The molecule has 0 aromatic heterocycles. The lowest BCUT2D eigenvalue weighted by Crippen LogP contribution is -2.21. The zero-order valence-electron chi connectivity index (χ0n) is 11.4. The van der Waals surface area contributed by atoms with E-state index in [9.17, 15) is 9.59 Å². The molecule has 0 saturated heterocycles. The molecule has 0 aliphatic heterocycles. The van der Waals surface area contributed by atoms with Crippen molar-refractivity contribution in [2.24, 2.45) is 0 Å². The molecule has 108 valence electrons. The molecule has 1 N–H and O–H groups in total. The Morgan fingerprint density at radius 1 is 1.10 bits per heavy atom. The second kappa shape index (κ2) is 7.21. The predicted octanol–water partition coefficient (Wildman–Crippen LogP) is 3.40. The second-order valence-electron chi connectivity index (χ2n) is 4.42. The van der Waals surface area contributed by atoms with Crippen molar-refractivity contribution in [1.29, 1.82) is 0 Å². The third-order valence-corrected chi connectivity index (χ3v) is 3.79. The molecule has 0 aliphatic carbocycles. The number of hydrogen-bond acceptors (Lipinski definition) is 3. The summed E-state index contributed by atoms with van der Waals surface area (Å²) in [5.74, 6) is -0.855. The molecule has 0 fully saturated rings. The molecule has 0 bridgehead atoms. The van der Waals surface area contributed by atoms with Gasteiger partial charge in [-0.1, -0.05) is 30.3 Å². The summed E-state index contributed by atoms with van der Waals surface area (Å²) >= 11 is 2.13. The summed E-state index contributed by atoms with van der Waals surface area (Å²) in [6.07, 6.45) is 0. The predicted molar refractivity (Wildman–Crippen MR) is 89.3 cm³/mol.